The molecule has 0 radical (unpaired) electrons. The second-order valence-electron chi connectivity index (χ2n) is 10.7. The first kappa shape index (κ1) is 33.9. The van der Waals surface area contributed by atoms with Gasteiger partial charge in [0.05, 0.1) is 43.7 Å². The molecule has 0 spiro atoms. The molecule has 3 N–H and O–H groups in total. The summed E-state index contributed by atoms with van der Waals surface area (Å²) in [6.45, 7) is 10.4. The zero-order valence-electron chi connectivity index (χ0n) is 25.3. The van der Waals surface area contributed by atoms with Gasteiger partial charge in [0, 0.05) is 17.8 Å². The van der Waals surface area contributed by atoms with E-state index in [9.17, 15) is 14.5 Å². The lowest BCUT2D eigenvalue weighted by Crippen LogP contribution is -2.50. The van der Waals surface area contributed by atoms with Crippen LogP contribution < -0.4 is 16.1 Å². The molecule has 0 saturated carbocycles. The molecular formula is C28H40N7O7P. The van der Waals surface area contributed by atoms with Crippen LogP contribution in [0.3, 0.4) is 0 Å². The number of hydrogen-bond donors (Lipinski definition) is 2. The van der Waals surface area contributed by atoms with Gasteiger partial charge < -0.3 is 29.4 Å². The number of esters is 2. The molecule has 4 atom stereocenters. The predicted octanol–water partition coefficient (Wildman–Crippen LogP) is 2.71. The number of nitrogens with one attached hydrogen (secondary N) is 1. The predicted molar refractivity (Wildman–Crippen MR) is 158 cm³/mol. The van der Waals surface area contributed by atoms with Gasteiger partial charge in [0.25, 0.3) is 0 Å². The molecule has 0 aliphatic carbocycles. The maximum Gasteiger partial charge on any atom is 0.361 e. The van der Waals surface area contributed by atoms with Crippen LogP contribution in [-0.4, -0.2) is 68.5 Å². The Labute approximate surface area is 251 Å². The highest BCUT2D eigenvalue weighted by Gasteiger charge is 2.48. The largest absolute Gasteiger partial charge is 0.582 e. The van der Waals surface area contributed by atoms with Gasteiger partial charge in [-0.3, -0.25) is 4.79 Å². The minimum atomic E-state index is -2.80. The van der Waals surface area contributed by atoms with E-state index in [0.717, 1.165) is 5.56 Å². The van der Waals surface area contributed by atoms with Crippen LogP contribution in [0.5, 0.6) is 0 Å². The summed E-state index contributed by atoms with van der Waals surface area (Å²) in [5, 5.41) is 0. The number of aromatic nitrogens is 4. The molecule has 43 heavy (non-hydrogen) atoms. The SMILES string of the molecule is CC(C)OC(=O)C(C)CN/N=[P+](\[O-])O[C@](CO[C@H](C)Cn1cnc2c(N)ncnc21)(Cc1ccccc1)C(=O)OC(C)C. The van der Waals surface area contributed by atoms with Crippen molar-refractivity contribution in [2.75, 3.05) is 18.9 Å². The Morgan fingerprint density at radius 2 is 1.77 bits per heavy atom. The van der Waals surface area contributed by atoms with E-state index in [4.69, 9.17) is 24.5 Å². The number of imidazole rings is 1. The van der Waals surface area contributed by atoms with Crippen LogP contribution in [0.25, 0.3) is 11.2 Å². The highest BCUT2D eigenvalue weighted by atomic mass is 31.1. The van der Waals surface area contributed by atoms with E-state index in [2.05, 4.69) is 25.2 Å². The molecule has 0 bridgehead atoms. The first-order valence-electron chi connectivity index (χ1n) is 14.0. The quantitative estimate of drug-likeness (QED) is 0.136. The van der Waals surface area contributed by atoms with Crippen molar-refractivity contribution in [1.82, 2.24) is 24.9 Å². The standard InChI is InChI=1S/C28H40N7O7P/c1-18(2)40-26(36)20(5)13-33-34-43(38)42-28(27(37)41-19(3)4,12-22-10-8-7-9-11-22)15-39-21(6)14-35-17-32-23-24(29)30-16-31-25(23)35/h7-11,16-21,33H,12-15H2,1-6H3,(H2,29,30,31)/t20?,21-,28+/m1/s1. The number of hydrogen-bond acceptors (Lipinski definition) is 12. The Bertz CT molecular complexity index is 1390. The van der Waals surface area contributed by atoms with Crippen molar-refractivity contribution in [3.8, 4) is 0 Å². The summed E-state index contributed by atoms with van der Waals surface area (Å²) < 4.78 is 24.5. The lowest BCUT2D eigenvalue weighted by molar-refractivity contribution is -0.203. The number of anilines is 1. The molecule has 14 nitrogen and oxygen atoms in total. The Hall–Kier alpha value is -3.55. The average Bonchev–Trinajstić information content (AvgIpc) is 3.35. The summed E-state index contributed by atoms with van der Waals surface area (Å²) in [7, 11) is -2.80. The molecule has 15 heteroatoms. The van der Waals surface area contributed by atoms with Crippen molar-refractivity contribution in [2.45, 2.75) is 78.4 Å². The van der Waals surface area contributed by atoms with Crippen molar-refractivity contribution in [2.24, 2.45) is 10.8 Å². The highest BCUT2D eigenvalue weighted by Crippen LogP contribution is 2.32. The van der Waals surface area contributed by atoms with Crippen LogP contribution in [0.4, 0.5) is 5.82 Å². The maximum absolute atomic E-state index is 13.6. The molecule has 2 aromatic heterocycles. The van der Waals surface area contributed by atoms with Crippen LogP contribution in [0.15, 0.2) is 47.8 Å². The third-order valence-corrected chi connectivity index (χ3v) is 6.90. The fraction of sp³-hybridized carbons (Fsp3) is 0.536. The number of benzene rings is 1. The molecule has 3 rings (SSSR count). The van der Waals surface area contributed by atoms with Crippen molar-refractivity contribution in [3.63, 3.8) is 0 Å². The van der Waals surface area contributed by atoms with Gasteiger partial charge in [0.2, 0.25) is 5.60 Å². The summed E-state index contributed by atoms with van der Waals surface area (Å²) in [4.78, 5) is 55.2. The van der Waals surface area contributed by atoms with E-state index in [1.54, 1.807) is 52.4 Å². The number of carbonyl (C=O) groups excluding carboxylic acids is 2. The summed E-state index contributed by atoms with van der Waals surface area (Å²) in [6.07, 6.45) is 1.71. The van der Waals surface area contributed by atoms with Gasteiger partial charge in [-0.05, 0) is 40.2 Å². The number of fused-ring (bicyclic) bond motifs is 1. The Balaban J connectivity index is 1.82. The van der Waals surface area contributed by atoms with Gasteiger partial charge in [-0.1, -0.05) is 37.3 Å². The molecule has 2 heterocycles. The number of ether oxygens (including phenoxy) is 3. The van der Waals surface area contributed by atoms with Gasteiger partial charge in [-0.15, -0.1) is 4.52 Å². The molecule has 0 amide bonds. The van der Waals surface area contributed by atoms with E-state index >= 15 is 0 Å². The molecule has 1 aromatic carbocycles. The van der Waals surface area contributed by atoms with Gasteiger partial charge >= 0.3 is 20.1 Å². The number of nitrogen functional groups attached to an aromatic ring is 1. The second kappa shape index (κ2) is 15.8. The van der Waals surface area contributed by atoms with E-state index in [0.29, 0.717) is 17.7 Å². The third-order valence-electron chi connectivity index (χ3n) is 6.09. The number of nitrogens with zero attached hydrogens (tertiary/aromatic N) is 5. The smallest absolute Gasteiger partial charge is 0.361 e. The van der Waals surface area contributed by atoms with E-state index in [1.807, 2.05) is 30.3 Å². The first-order valence-corrected chi connectivity index (χ1v) is 15.1. The van der Waals surface area contributed by atoms with Crippen molar-refractivity contribution in [1.29, 1.82) is 0 Å². The number of nitrogens with two attached hydrogens (primary N) is 1. The van der Waals surface area contributed by atoms with Crippen LogP contribution in [-0.2, 0) is 41.3 Å². The zero-order valence-corrected chi connectivity index (χ0v) is 26.2. The van der Waals surface area contributed by atoms with E-state index < -0.39 is 43.8 Å². The van der Waals surface area contributed by atoms with Crippen LogP contribution >= 0.6 is 8.17 Å². The maximum atomic E-state index is 13.6. The van der Waals surface area contributed by atoms with E-state index in [1.165, 1.54) is 6.33 Å². The van der Waals surface area contributed by atoms with Crippen molar-refractivity contribution in [3.05, 3.63) is 48.5 Å². The molecule has 2 unspecified atom stereocenters. The Morgan fingerprint density at radius 1 is 1.07 bits per heavy atom. The van der Waals surface area contributed by atoms with Crippen LogP contribution in [0, 0.1) is 5.92 Å². The first-order chi connectivity index (χ1) is 20.4. The minimum Gasteiger partial charge on any atom is -0.582 e. The molecule has 0 saturated heterocycles. The van der Waals surface area contributed by atoms with E-state index in [-0.39, 0.29) is 31.5 Å². The molecule has 0 aliphatic rings. The monoisotopic (exact) mass is 617 g/mol. The Kier molecular flexibility index (Phi) is 12.5. The van der Waals surface area contributed by atoms with Gasteiger partial charge in [-0.2, -0.15) is 5.43 Å². The summed E-state index contributed by atoms with van der Waals surface area (Å²) >= 11 is 0. The molecule has 234 valence electrons. The van der Waals surface area contributed by atoms with Crippen LogP contribution in [0.2, 0.25) is 0 Å². The minimum absolute atomic E-state index is 0.00239. The molecule has 0 fully saturated rings. The number of rotatable bonds is 16. The summed E-state index contributed by atoms with van der Waals surface area (Å²) in [6, 6.07) is 9.11. The molecular weight excluding hydrogens is 577 g/mol. The normalized spacial score (nSPS) is 15.0. The van der Waals surface area contributed by atoms with Gasteiger partial charge in [0.15, 0.2) is 11.5 Å². The topological polar surface area (TPSA) is 188 Å². The lowest BCUT2D eigenvalue weighted by atomic mass is 9.95. The summed E-state index contributed by atoms with van der Waals surface area (Å²) in [5.41, 5.74) is 8.43. The second-order valence-corrected chi connectivity index (χ2v) is 11.6. The number of carbonyl (C=O) groups is 2. The lowest BCUT2D eigenvalue weighted by Gasteiger charge is -2.29. The zero-order chi connectivity index (χ0) is 31.6. The summed E-state index contributed by atoms with van der Waals surface area (Å²) in [5.74, 6) is -1.47. The molecule has 0 aliphatic heterocycles. The van der Waals surface area contributed by atoms with Crippen molar-refractivity contribution < 1.29 is 33.2 Å². The highest BCUT2D eigenvalue weighted by molar-refractivity contribution is 7.33. The van der Waals surface area contributed by atoms with Gasteiger partial charge in [-0.25, -0.2) is 19.7 Å². The fourth-order valence-electron chi connectivity index (χ4n) is 4.00. The van der Waals surface area contributed by atoms with Crippen LogP contribution in [0.1, 0.15) is 47.1 Å². The van der Waals surface area contributed by atoms with Gasteiger partial charge in [0.1, 0.15) is 11.8 Å². The molecule has 3 aromatic rings. The Morgan fingerprint density at radius 3 is 2.44 bits per heavy atom. The average molecular weight is 618 g/mol. The fourth-order valence-corrected chi connectivity index (χ4v) is 4.73. The third kappa shape index (κ3) is 10.0. The van der Waals surface area contributed by atoms with Crippen molar-refractivity contribution >= 4 is 37.1 Å².